The fourth-order valence-corrected chi connectivity index (χ4v) is 2.42. The first kappa shape index (κ1) is 15.5. The van der Waals surface area contributed by atoms with Gasteiger partial charge in [0, 0.05) is 5.02 Å². The Balaban J connectivity index is 1.83. The number of anilines is 1. The summed E-state index contributed by atoms with van der Waals surface area (Å²) in [6, 6.07) is 10.9. The van der Waals surface area contributed by atoms with Crippen LogP contribution in [0, 0.1) is 5.82 Å². The first-order valence-electron chi connectivity index (χ1n) is 6.60. The van der Waals surface area contributed by atoms with E-state index < -0.39 is 11.7 Å². The van der Waals surface area contributed by atoms with Gasteiger partial charge in [0.1, 0.15) is 5.82 Å². The van der Waals surface area contributed by atoms with Crippen molar-refractivity contribution in [2.75, 3.05) is 5.32 Å². The van der Waals surface area contributed by atoms with Crippen molar-refractivity contribution in [2.45, 2.75) is 0 Å². The zero-order chi connectivity index (χ0) is 16.4. The average molecular weight is 350 g/mol. The lowest BCUT2D eigenvalue weighted by Crippen LogP contribution is -2.13. The molecule has 0 saturated heterocycles. The smallest absolute Gasteiger partial charge is 0.258 e. The van der Waals surface area contributed by atoms with Crippen LogP contribution in [-0.2, 0) is 0 Å². The summed E-state index contributed by atoms with van der Waals surface area (Å²) in [5.74, 6) is -1.26. The van der Waals surface area contributed by atoms with Gasteiger partial charge in [-0.3, -0.25) is 4.79 Å². The molecule has 0 unspecified atom stereocenters. The molecule has 1 heterocycles. The molecular weight excluding hydrogens is 340 g/mol. The third kappa shape index (κ3) is 3.36. The summed E-state index contributed by atoms with van der Waals surface area (Å²) in [5, 5.41) is 7.51. The molecule has 2 aromatic carbocycles. The van der Waals surface area contributed by atoms with Crippen LogP contribution in [0.3, 0.4) is 0 Å². The SMILES string of the molecule is O=C(Nc1cnn(-c2ccccc2Cl)c1)c1cc(Cl)ccc1F. The molecule has 0 aliphatic heterocycles. The molecule has 1 N–H and O–H groups in total. The normalized spacial score (nSPS) is 10.6. The van der Waals surface area contributed by atoms with Gasteiger partial charge < -0.3 is 5.32 Å². The molecule has 3 rings (SSSR count). The number of hydrogen-bond donors (Lipinski definition) is 1. The molecule has 0 spiro atoms. The van der Waals surface area contributed by atoms with Gasteiger partial charge in [0.05, 0.1) is 34.4 Å². The van der Waals surface area contributed by atoms with E-state index in [1.807, 2.05) is 6.07 Å². The molecule has 1 aromatic heterocycles. The van der Waals surface area contributed by atoms with E-state index in [1.54, 1.807) is 24.4 Å². The second-order valence-corrected chi connectivity index (χ2v) is 5.55. The van der Waals surface area contributed by atoms with Crippen LogP contribution >= 0.6 is 23.2 Å². The van der Waals surface area contributed by atoms with Crippen molar-refractivity contribution >= 4 is 34.8 Å². The second kappa shape index (κ2) is 6.40. The predicted octanol–water partition coefficient (Wildman–Crippen LogP) is 4.57. The van der Waals surface area contributed by atoms with Gasteiger partial charge in [-0.1, -0.05) is 35.3 Å². The maximum Gasteiger partial charge on any atom is 0.258 e. The van der Waals surface area contributed by atoms with E-state index in [-0.39, 0.29) is 10.6 Å². The van der Waals surface area contributed by atoms with Crippen molar-refractivity contribution in [3.05, 3.63) is 76.3 Å². The minimum Gasteiger partial charge on any atom is -0.319 e. The molecule has 0 aliphatic carbocycles. The second-order valence-electron chi connectivity index (χ2n) is 4.70. The number of aromatic nitrogens is 2. The van der Waals surface area contributed by atoms with Crippen LogP contribution in [-0.4, -0.2) is 15.7 Å². The highest BCUT2D eigenvalue weighted by molar-refractivity contribution is 6.32. The predicted molar refractivity (Wildman–Crippen MR) is 87.9 cm³/mol. The topological polar surface area (TPSA) is 46.9 Å². The van der Waals surface area contributed by atoms with Gasteiger partial charge in [-0.05, 0) is 30.3 Å². The quantitative estimate of drug-likeness (QED) is 0.752. The number of para-hydroxylation sites is 1. The summed E-state index contributed by atoms with van der Waals surface area (Å²) in [7, 11) is 0. The first-order chi connectivity index (χ1) is 11.0. The molecule has 7 heteroatoms. The van der Waals surface area contributed by atoms with Gasteiger partial charge in [-0.15, -0.1) is 0 Å². The van der Waals surface area contributed by atoms with Crippen LogP contribution < -0.4 is 5.32 Å². The number of rotatable bonds is 3. The van der Waals surface area contributed by atoms with Crippen LogP contribution in [0.15, 0.2) is 54.9 Å². The summed E-state index contributed by atoms with van der Waals surface area (Å²) in [4.78, 5) is 12.1. The lowest BCUT2D eigenvalue weighted by atomic mass is 10.2. The van der Waals surface area contributed by atoms with Crippen molar-refractivity contribution in [2.24, 2.45) is 0 Å². The average Bonchev–Trinajstić information content (AvgIpc) is 2.98. The third-order valence-corrected chi connectivity index (χ3v) is 3.67. The maximum absolute atomic E-state index is 13.7. The highest BCUT2D eigenvalue weighted by Gasteiger charge is 2.14. The van der Waals surface area contributed by atoms with E-state index in [9.17, 15) is 9.18 Å². The first-order valence-corrected chi connectivity index (χ1v) is 7.36. The molecule has 0 saturated carbocycles. The Morgan fingerprint density at radius 3 is 2.74 bits per heavy atom. The molecule has 116 valence electrons. The van der Waals surface area contributed by atoms with Crippen LogP contribution in [0.1, 0.15) is 10.4 Å². The van der Waals surface area contributed by atoms with E-state index >= 15 is 0 Å². The van der Waals surface area contributed by atoms with E-state index in [2.05, 4.69) is 10.4 Å². The molecular formula is C16H10Cl2FN3O. The molecule has 0 bridgehead atoms. The maximum atomic E-state index is 13.7. The molecule has 0 fully saturated rings. The number of halogens is 3. The van der Waals surface area contributed by atoms with Gasteiger partial charge in [-0.25, -0.2) is 9.07 Å². The highest BCUT2D eigenvalue weighted by atomic mass is 35.5. The lowest BCUT2D eigenvalue weighted by molar-refractivity contribution is 0.102. The Bertz CT molecular complexity index is 879. The highest BCUT2D eigenvalue weighted by Crippen LogP contribution is 2.21. The number of amides is 1. The Hall–Kier alpha value is -2.37. The van der Waals surface area contributed by atoms with Crippen molar-refractivity contribution in [3.63, 3.8) is 0 Å². The van der Waals surface area contributed by atoms with Crippen molar-refractivity contribution in [1.82, 2.24) is 9.78 Å². The summed E-state index contributed by atoms with van der Waals surface area (Å²) >= 11 is 11.9. The van der Waals surface area contributed by atoms with Gasteiger partial charge in [-0.2, -0.15) is 5.10 Å². The molecule has 23 heavy (non-hydrogen) atoms. The fraction of sp³-hybridized carbons (Fsp3) is 0. The summed E-state index contributed by atoms with van der Waals surface area (Å²) in [6.07, 6.45) is 3.03. The minimum absolute atomic E-state index is 0.136. The van der Waals surface area contributed by atoms with Gasteiger partial charge in [0.15, 0.2) is 0 Å². The number of carbonyl (C=O) groups excluding carboxylic acids is 1. The zero-order valence-electron chi connectivity index (χ0n) is 11.6. The zero-order valence-corrected chi connectivity index (χ0v) is 13.1. The van der Waals surface area contributed by atoms with E-state index in [0.717, 1.165) is 6.07 Å². The van der Waals surface area contributed by atoms with E-state index in [1.165, 1.54) is 23.0 Å². The molecule has 3 aromatic rings. The largest absolute Gasteiger partial charge is 0.319 e. The minimum atomic E-state index is -0.648. The van der Waals surface area contributed by atoms with Crippen LogP contribution in [0.25, 0.3) is 5.69 Å². The third-order valence-electron chi connectivity index (χ3n) is 3.11. The van der Waals surface area contributed by atoms with Crippen molar-refractivity contribution in [3.8, 4) is 5.69 Å². The summed E-state index contributed by atoms with van der Waals surface area (Å²) in [5.41, 5.74) is 0.945. The van der Waals surface area contributed by atoms with Crippen molar-refractivity contribution in [1.29, 1.82) is 0 Å². The van der Waals surface area contributed by atoms with Crippen molar-refractivity contribution < 1.29 is 9.18 Å². The fourth-order valence-electron chi connectivity index (χ4n) is 2.03. The Morgan fingerprint density at radius 1 is 1.17 bits per heavy atom. The Morgan fingerprint density at radius 2 is 1.96 bits per heavy atom. The summed E-state index contributed by atoms with van der Waals surface area (Å²) in [6.45, 7) is 0. The number of nitrogens with zero attached hydrogens (tertiary/aromatic N) is 2. The number of nitrogens with one attached hydrogen (secondary N) is 1. The van der Waals surface area contributed by atoms with Gasteiger partial charge in [0.25, 0.3) is 5.91 Å². The Labute approximate surface area is 141 Å². The van der Waals surface area contributed by atoms with Gasteiger partial charge >= 0.3 is 0 Å². The number of hydrogen-bond acceptors (Lipinski definition) is 2. The summed E-state index contributed by atoms with van der Waals surface area (Å²) < 4.78 is 15.2. The Kier molecular flexibility index (Phi) is 4.32. The monoisotopic (exact) mass is 349 g/mol. The van der Waals surface area contributed by atoms with Crippen LogP contribution in [0.2, 0.25) is 10.0 Å². The van der Waals surface area contributed by atoms with E-state index in [4.69, 9.17) is 23.2 Å². The molecule has 0 aliphatic rings. The molecule has 0 atom stereocenters. The van der Waals surface area contributed by atoms with Gasteiger partial charge in [0.2, 0.25) is 0 Å². The van der Waals surface area contributed by atoms with Crippen LogP contribution in [0.4, 0.5) is 10.1 Å². The number of benzene rings is 2. The molecule has 1 amide bonds. The lowest BCUT2D eigenvalue weighted by Gasteiger charge is -2.05. The molecule has 0 radical (unpaired) electrons. The van der Waals surface area contributed by atoms with Crippen LogP contribution in [0.5, 0.6) is 0 Å². The van der Waals surface area contributed by atoms with E-state index in [0.29, 0.717) is 16.4 Å². The molecule has 4 nitrogen and oxygen atoms in total. The number of carbonyl (C=O) groups is 1. The standard InChI is InChI=1S/C16H10Cl2FN3O/c17-10-5-6-14(19)12(7-10)16(23)21-11-8-20-22(9-11)15-4-2-1-3-13(15)18/h1-9H,(H,21,23).